The van der Waals surface area contributed by atoms with Gasteiger partial charge in [0.2, 0.25) is 5.76 Å². The molecular weight excluding hydrogens is 430 g/mol. The van der Waals surface area contributed by atoms with Crippen LogP contribution in [0.4, 0.5) is 5.69 Å². The molecule has 29 heavy (non-hydrogen) atoms. The van der Waals surface area contributed by atoms with Crippen LogP contribution in [0.5, 0.6) is 0 Å². The quantitative estimate of drug-likeness (QED) is 0.402. The number of benzene rings is 3. The molecule has 0 radical (unpaired) electrons. The second-order valence-corrected chi connectivity index (χ2v) is 8.05. The Labute approximate surface area is 175 Å². The summed E-state index contributed by atoms with van der Waals surface area (Å²) in [6, 6.07) is 22.0. The Bertz CT molecular complexity index is 1310. The smallest absolute Gasteiger partial charge is 0.295 e. The molecule has 0 saturated heterocycles. The summed E-state index contributed by atoms with van der Waals surface area (Å²) in [5.74, 6) is -0.195. The number of amides is 1. The van der Waals surface area contributed by atoms with Crippen molar-refractivity contribution in [2.24, 2.45) is 0 Å². The van der Waals surface area contributed by atoms with Crippen molar-refractivity contribution in [2.45, 2.75) is 13.0 Å². The standard InChI is InChI=1S/C24H16BrNO3/c1-14-7-12-19-18(13-14)22(27)20-21(15-5-3-2-4-6-15)26(24(28)23(20)29-19)17-10-8-16(25)9-11-17/h2-13,21H,1H3. The Hall–Kier alpha value is -3.18. The van der Waals surface area contributed by atoms with E-state index in [1.165, 1.54) is 0 Å². The number of rotatable bonds is 2. The highest BCUT2D eigenvalue weighted by Gasteiger charge is 2.43. The Morgan fingerprint density at radius 3 is 2.38 bits per heavy atom. The molecule has 1 aromatic heterocycles. The van der Waals surface area contributed by atoms with Gasteiger partial charge < -0.3 is 4.42 Å². The minimum atomic E-state index is -0.541. The van der Waals surface area contributed by atoms with Crippen LogP contribution in [0, 0.1) is 6.92 Å². The fraction of sp³-hybridized carbons (Fsp3) is 0.0833. The number of hydrogen-bond donors (Lipinski definition) is 0. The molecule has 3 aromatic carbocycles. The topological polar surface area (TPSA) is 50.5 Å². The third-order valence-corrected chi connectivity index (χ3v) is 5.77. The molecule has 0 bridgehead atoms. The normalized spacial score (nSPS) is 15.7. The van der Waals surface area contributed by atoms with E-state index in [1.54, 1.807) is 11.0 Å². The average Bonchev–Trinajstić information content (AvgIpc) is 3.03. The van der Waals surface area contributed by atoms with Gasteiger partial charge in [-0.25, -0.2) is 0 Å². The zero-order chi connectivity index (χ0) is 20.1. The second-order valence-electron chi connectivity index (χ2n) is 7.14. The Balaban J connectivity index is 1.82. The number of hydrogen-bond acceptors (Lipinski definition) is 3. The first-order valence-electron chi connectivity index (χ1n) is 9.26. The number of fused-ring (bicyclic) bond motifs is 2. The van der Waals surface area contributed by atoms with E-state index in [-0.39, 0.29) is 17.1 Å². The lowest BCUT2D eigenvalue weighted by molar-refractivity contribution is 0.0971. The molecule has 1 atom stereocenters. The molecule has 5 heteroatoms. The summed E-state index contributed by atoms with van der Waals surface area (Å²) in [5.41, 5.74) is 3.20. The largest absolute Gasteiger partial charge is 0.450 e. The molecular formula is C24H16BrNO3. The van der Waals surface area contributed by atoms with E-state index in [0.717, 1.165) is 15.6 Å². The van der Waals surface area contributed by atoms with Crippen LogP contribution < -0.4 is 10.3 Å². The number of carbonyl (C=O) groups excluding carboxylic acids is 1. The van der Waals surface area contributed by atoms with Gasteiger partial charge in [0.15, 0.2) is 5.43 Å². The van der Waals surface area contributed by atoms with Gasteiger partial charge in [-0.3, -0.25) is 14.5 Å². The number of halogens is 1. The third-order valence-electron chi connectivity index (χ3n) is 5.25. The van der Waals surface area contributed by atoms with Gasteiger partial charge >= 0.3 is 0 Å². The molecule has 142 valence electrons. The van der Waals surface area contributed by atoms with Crippen molar-refractivity contribution in [3.05, 3.63) is 110 Å². The Morgan fingerprint density at radius 1 is 0.931 bits per heavy atom. The Morgan fingerprint density at radius 2 is 1.66 bits per heavy atom. The first-order valence-corrected chi connectivity index (χ1v) is 10.1. The minimum Gasteiger partial charge on any atom is -0.450 e. The molecule has 4 aromatic rings. The molecule has 0 aliphatic carbocycles. The van der Waals surface area contributed by atoms with E-state index >= 15 is 0 Å². The maximum atomic E-state index is 13.5. The van der Waals surface area contributed by atoms with E-state index in [1.807, 2.05) is 73.7 Å². The molecule has 0 N–H and O–H groups in total. The average molecular weight is 446 g/mol. The van der Waals surface area contributed by atoms with Crippen molar-refractivity contribution in [3.8, 4) is 0 Å². The van der Waals surface area contributed by atoms with E-state index in [4.69, 9.17) is 4.42 Å². The summed E-state index contributed by atoms with van der Waals surface area (Å²) < 4.78 is 6.89. The van der Waals surface area contributed by atoms with E-state index in [0.29, 0.717) is 22.2 Å². The zero-order valence-corrected chi connectivity index (χ0v) is 17.1. The highest BCUT2D eigenvalue weighted by Crippen LogP contribution is 2.41. The number of nitrogens with zero attached hydrogens (tertiary/aromatic N) is 1. The fourth-order valence-electron chi connectivity index (χ4n) is 3.91. The van der Waals surface area contributed by atoms with Crippen molar-refractivity contribution in [1.82, 2.24) is 0 Å². The number of anilines is 1. The van der Waals surface area contributed by atoms with Gasteiger partial charge in [-0.2, -0.15) is 0 Å². The molecule has 1 amide bonds. The first-order chi connectivity index (χ1) is 14.0. The zero-order valence-electron chi connectivity index (χ0n) is 15.6. The Kier molecular flexibility index (Phi) is 4.14. The minimum absolute atomic E-state index is 0.114. The summed E-state index contributed by atoms with van der Waals surface area (Å²) >= 11 is 3.43. The van der Waals surface area contributed by atoms with Gasteiger partial charge in [0.1, 0.15) is 5.58 Å². The maximum Gasteiger partial charge on any atom is 0.295 e. The lowest BCUT2D eigenvalue weighted by Gasteiger charge is -2.25. The van der Waals surface area contributed by atoms with Crippen molar-refractivity contribution >= 4 is 38.5 Å². The first kappa shape index (κ1) is 17.9. The molecule has 1 unspecified atom stereocenters. The van der Waals surface area contributed by atoms with Gasteiger partial charge in [0.05, 0.1) is 17.0 Å². The summed E-state index contributed by atoms with van der Waals surface area (Å²) in [6.45, 7) is 1.93. The molecule has 2 heterocycles. The third kappa shape index (κ3) is 2.81. The van der Waals surface area contributed by atoms with Gasteiger partial charge in [-0.15, -0.1) is 0 Å². The van der Waals surface area contributed by atoms with Crippen LogP contribution in [0.3, 0.4) is 0 Å². The van der Waals surface area contributed by atoms with Crippen LogP contribution in [0.25, 0.3) is 11.0 Å². The van der Waals surface area contributed by atoms with Gasteiger partial charge in [-0.1, -0.05) is 57.9 Å². The van der Waals surface area contributed by atoms with Crippen molar-refractivity contribution in [2.75, 3.05) is 4.90 Å². The van der Waals surface area contributed by atoms with E-state index < -0.39 is 6.04 Å². The fourth-order valence-corrected chi connectivity index (χ4v) is 4.17. The summed E-state index contributed by atoms with van der Waals surface area (Å²) in [5, 5.41) is 0.495. The van der Waals surface area contributed by atoms with Crippen LogP contribution in [-0.2, 0) is 0 Å². The monoisotopic (exact) mass is 445 g/mol. The molecule has 0 fully saturated rings. The van der Waals surface area contributed by atoms with Crippen molar-refractivity contribution in [3.63, 3.8) is 0 Å². The lowest BCUT2D eigenvalue weighted by atomic mass is 9.98. The highest BCUT2D eigenvalue weighted by molar-refractivity contribution is 9.10. The molecule has 0 spiro atoms. The number of carbonyl (C=O) groups is 1. The van der Waals surface area contributed by atoms with Gasteiger partial charge in [-0.05, 0) is 48.9 Å². The summed E-state index contributed by atoms with van der Waals surface area (Å²) in [4.78, 5) is 28.5. The van der Waals surface area contributed by atoms with Crippen molar-refractivity contribution in [1.29, 1.82) is 0 Å². The van der Waals surface area contributed by atoms with Crippen LogP contribution in [0.2, 0.25) is 0 Å². The van der Waals surface area contributed by atoms with Crippen LogP contribution in [-0.4, -0.2) is 5.91 Å². The van der Waals surface area contributed by atoms with Crippen LogP contribution in [0.1, 0.15) is 33.3 Å². The number of aryl methyl sites for hydroxylation is 1. The predicted molar refractivity (Wildman–Crippen MR) is 116 cm³/mol. The molecule has 0 saturated carbocycles. The van der Waals surface area contributed by atoms with Crippen LogP contribution >= 0.6 is 15.9 Å². The lowest BCUT2D eigenvalue weighted by Crippen LogP contribution is -2.29. The van der Waals surface area contributed by atoms with Crippen LogP contribution in [0.15, 0.2) is 86.5 Å². The molecule has 5 rings (SSSR count). The molecule has 4 nitrogen and oxygen atoms in total. The maximum absolute atomic E-state index is 13.5. The van der Waals surface area contributed by atoms with Crippen molar-refractivity contribution < 1.29 is 9.21 Å². The summed E-state index contributed by atoms with van der Waals surface area (Å²) in [6.07, 6.45) is 0. The van der Waals surface area contributed by atoms with E-state index in [9.17, 15) is 9.59 Å². The summed E-state index contributed by atoms with van der Waals surface area (Å²) in [7, 11) is 0. The highest BCUT2D eigenvalue weighted by atomic mass is 79.9. The predicted octanol–water partition coefficient (Wildman–Crippen LogP) is 5.61. The van der Waals surface area contributed by atoms with E-state index in [2.05, 4.69) is 15.9 Å². The SMILES string of the molecule is Cc1ccc2oc3c(c(=O)c2c1)C(c1ccccc1)N(c1ccc(Br)cc1)C3=O. The molecule has 1 aliphatic rings. The van der Waals surface area contributed by atoms with Gasteiger partial charge in [0, 0.05) is 10.2 Å². The van der Waals surface area contributed by atoms with Gasteiger partial charge in [0.25, 0.3) is 5.91 Å². The second kappa shape index (κ2) is 6.71. The molecule has 1 aliphatic heterocycles.